The monoisotopic (exact) mass is 446 g/mol. The van der Waals surface area contributed by atoms with E-state index in [2.05, 4.69) is 4.98 Å². The summed E-state index contributed by atoms with van der Waals surface area (Å²) >= 11 is 0. The average Bonchev–Trinajstić information content (AvgIpc) is 3.10. The van der Waals surface area contributed by atoms with Gasteiger partial charge in [0, 0.05) is 0 Å². The fourth-order valence-corrected chi connectivity index (χ4v) is 3.72. The molecular weight excluding hydrogens is 424 g/mol. The molecule has 0 aliphatic heterocycles. The Morgan fingerprint density at radius 3 is 2.47 bits per heavy atom. The first-order chi connectivity index (χ1) is 13.5. The molecule has 164 valence electrons. The lowest BCUT2D eigenvalue weighted by Crippen LogP contribution is -3.00. The van der Waals surface area contributed by atoms with Crippen molar-refractivity contribution in [1.29, 1.82) is 0 Å². The second-order valence-corrected chi connectivity index (χ2v) is 7.85. The Morgan fingerprint density at radius 1 is 1.13 bits per heavy atom. The molecule has 1 atom stereocenters. The minimum atomic E-state index is -4.93. The molecule has 0 aliphatic rings. The maximum atomic E-state index is 14.4. The second-order valence-electron chi connectivity index (χ2n) is 7.85. The maximum Gasteiger partial charge on any atom is 0.421 e. The number of nitrogens with one attached hydrogen (secondary N) is 1. The summed E-state index contributed by atoms with van der Waals surface area (Å²) in [5, 5.41) is 11.5. The number of aromatic nitrogens is 2. The lowest BCUT2D eigenvalue weighted by molar-refractivity contribution is -0.694. The zero-order valence-corrected chi connectivity index (χ0v) is 17.5. The van der Waals surface area contributed by atoms with Crippen LogP contribution in [0.5, 0.6) is 5.75 Å². The summed E-state index contributed by atoms with van der Waals surface area (Å²) < 4.78 is 62.9. The summed E-state index contributed by atoms with van der Waals surface area (Å²) in [7, 11) is 1.39. The Balaban J connectivity index is 0.00000320. The zero-order valence-electron chi connectivity index (χ0n) is 16.7. The lowest BCUT2D eigenvalue weighted by Gasteiger charge is -2.37. The molecule has 0 saturated carbocycles. The van der Waals surface area contributed by atoms with E-state index < -0.39 is 36.0 Å². The number of hydrogen-bond acceptors (Lipinski definition) is 2. The topological polar surface area (TPSA) is 49.1 Å². The van der Waals surface area contributed by atoms with Crippen LogP contribution in [0.3, 0.4) is 0 Å². The summed E-state index contributed by atoms with van der Waals surface area (Å²) in [4.78, 5) is 2.89. The molecule has 0 amide bonds. The lowest BCUT2D eigenvalue weighted by atomic mass is 9.74. The van der Waals surface area contributed by atoms with Gasteiger partial charge < -0.3 is 22.3 Å². The third-order valence-corrected chi connectivity index (χ3v) is 5.18. The molecule has 0 radical (unpaired) electrons. The van der Waals surface area contributed by atoms with Gasteiger partial charge in [0.05, 0.1) is 24.9 Å². The van der Waals surface area contributed by atoms with Crippen LogP contribution < -0.4 is 21.7 Å². The van der Waals surface area contributed by atoms with Crippen LogP contribution in [0.4, 0.5) is 17.6 Å². The Labute approximate surface area is 177 Å². The van der Waals surface area contributed by atoms with Crippen LogP contribution >= 0.6 is 0 Å². The highest BCUT2D eigenvalue weighted by molar-refractivity contribution is 5.71. The van der Waals surface area contributed by atoms with Gasteiger partial charge in [-0.25, -0.2) is 13.9 Å². The van der Waals surface area contributed by atoms with Crippen LogP contribution in [0.15, 0.2) is 48.8 Å². The largest absolute Gasteiger partial charge is 1.00 e. The quantitative estimate of drug-likeness (QED) is 0.442. The number of H-pyrrole nitrogens is 1. The fourth-order valence-electron chi connectivity index (χ4n) is 3.72. The molecule has 0 spiro atoms. The molecule has 3 aromatic rings. The van der Waals surface area contributed by atoms with Crippen molar-refractivity contribution >= 4 is 11.0 Å². The van der Waals surface area contributed by atoms with Crippen molar-refractivity contribution in [3.05, 3.63) is 60.2 Å². The van der Waals surface area contributed by atoms with Crippen molar-refractivity contribution in [2.75, 3.05) is 7.11 Å². The Morgan fingerprint density at radius 2 is 1.83 bits per heavy atom. The molecule has 0 saturated heterocycles. The van der Waals surface area contributed by atoms with Crippen LogP contribution in [-0.4, -0.2) is 29.0 Å². The van der Waals surface area contributed by atoms with E-state index in [1.807, 2.05) is 0 Å². The van der Waals surface area contributed by atoms with E-state index in [4.69, 9.17) is 4.74 Å². The van der Waals surface area contributed by atoms with Crippen molar-refractivity contribution in [2.45, 2.75) is 44.0 Å². The molecule has 1 aromatic carbocycles. The number of aromatic amines is 1. The molecule has 1 unspecified atom stereocenters. The van der Waals surface area contributed by atoms with E-state index in [9.17, 15) is 22.7 Å². The van der Waals surface area contributed by atoms with E-state index in [1.54, 1.807) is 24.4 Å². The van der Waals surface area contributed by atoms with Gasteiger partial charge in [0.25, 0.3) is 5.65 Å². The number of fused-ring (bicyclic) bond motifs is 1. The van der Waals surface area contributed by atoms with Gasteiger partial charge in [-0.3, -0.25) is 0 Å². The highest BCUT2D eigenvalue weighted by Crippen LogP contribution is 2.42. The molecule has 2 aromatic heterocycles. The molecular formula is C21H23ClF4N2O2. The molecule has 0 fully saturated rings. The van der Waals surface area contributed by atoms with Crippen molar-refractivity contribution in [3.63, 3.8) is 0 Å². The van der Waals surface area contributed by atoms with Crippen LogP contribution in [0.1, 0.15) is 25.8 Å². The summed E-state index contributed by atoms with van der Waals surface area (Å²) in [6, 6.07) is 9.01. The number of rotatable bonds is 6. The van der Waals surface area contributed by atoms with Gasteiger partial charge in [0.1, 0.15) is 18.1 Å². The first-order valence-corrected chi connectivity index (χ1v) is 9.05. The van der Waals surface area contributed by atoms with Crippen molar-refractivity contribution in [1.82, 2.24) is 4.98 Å². The molecule has 3 rings (SSSR count). The SMILES string of the molecule is COc1ccc(F)c(C(C)(C)CC(O)(C[n+]2cccc3cc[nH]c32)C(F)(F)F)c1.[Cl-]. The summed E-state index contributed by atoms with van der Waals surface area (Å²) in [5.41, 5.74) is -3.91. The predicted octanol–water partition coefficient (Wildman–Crippen LogP) is 1.27. The summed E-state index contributed by atoms with van der Waals surface area (Å²) in [6.07, 6.45) is -2.59. The van der Waals surface area contributed by atoms with E-state index in [-0.39, 0.29) is 18.0 Å². The smallest absolute Gasteiger partial charge is 0.421 e. The number of benzene rings is 1. The molecule has 2 heterocycles. The van der Waals surface area contributed by atoms with Gasteiger partial charge in [-0.15, -0.1) is 0 Å². The summed E-state index contributed by atoms with van der Waals surface area (Å²) in [6.45, 7) is 2.21. The van der Waals surface area contributed by atoms with Gasteiger partial charge >= 0.3 is 6.18 Å². The first kappa shape index (κ1) is 24.0. The van der Waals surface area contributed by atoms with Gasteiger partial charge in [-0.2, -0.15) is 13.2 Å². The van der Waals surface area contributed by atoms with Crippen LogP contribution in [0, 0.1) is 5.82 Å². The minimum absolute atomic E-state index is 0. The Hall–Kier alpha value is -2.32. The number of nitrogens with zero attached hydrogens (tertiary/aromatic N) is 1. The maximum absolute atomic E-state index is 14.4. The molecule has 0 bridgehead atoms. The van der Waals surface area contributed by atoms with E-state index in [0.29, 0.717) is 11.4 Å². The number of hydrogen-bond donors (Lipinski definition) is 2. The first-order valence-electron chi connectivity index (χ1n) is 9.05. The number of aliphatic hydroxyl groups is 1. The second kappa shape index (κ2) is 8.43. The number of methoxy groups -OCH3 is 1. The molecule has 30 heavy (non-hydrogen) atoms. The normalized spacial score (nSPS) is 14.3. The molecule has 0 aliphatic carbocycles. The van der Waals surface area contributed by atoms with Gasteiger partial charge in [0.15, 0.2) is 5.60 Å². The molecule has 2 N–H and O–H groups in total. The van der Waals surface area contributed by atoms with Crippen molar-refractivity contribution in [2.24, 2.45) is 0 Å². The van der Waals surface area contributed by atoms with Crippen LogP contribution in [0.25, 0.3) is 11.0 Å². The van der Waals surface area contributed by atoms with Crippen LogP contribution in [-0.2, 0) is 12.0 Å². The van der Waals surface area contributed by atoms with Crippen molar-refractivity contribution in [3.8, 4) is 5.75 Å². The fraction of sp³-hybridized carbons (Fsp3) is 0.381. The molecule has 9 heteroatoms. The number of halogens is 5. The number of ether oxygens (including phenoxy) is 1. The highest BCUT2D eigenvalue weighted by Gasteiger charge is 2.57. The minimum Gasteiger partial charge on any atom is -1.00 e. The third-order valence-electron chi connectivity index (χ3n) is 5.18. The van der Waals surface area contributed by atoms with E-state index in [1.165, 1.54) is 43.9 Å². The number of pyridine rings is 1. The van der Waals surface area contributed by atoms with Crippen molar-refractivity contribution < 1.29 is 44.4 Å². The zero-order chi connectivity index (χ0) is 21.4. The van der Waals surface area contributed by atoms with Crippen LogP contribution in [0.2, 0.25) is 0 Å². The predicted molar refractivity (Wildman–Crippen MR) is 100 cm³/mol. The van der Waals surface area contributed by atoms with E-state index >= 15 is 0 Å². The van der Waals surface area contributed by atoms with Gasteiger partial charge in [0.2, 0.25) is 0 Å². The summed E-state index contributed by atoms with van der Waals surface area (Å²) in [5.74, 6) is -0.324. The number of alkyl halides is 3. The Bertz CT molecular complexity index is 1020. The molecule has 4 nitrogen and oxygen atoms in total. The standard InChI is InChI=1S/C21H22F4N2O2.ClH/c1-19(2,16-11-15(29-3)6-7-17(16)22)12-20(28,21(23,24)25)13-27-10-4-5-14-8-9-26-18(14)27;/h4-11,28H,12-13H2,1-3H3;1H. The third kappa shape index (κ3) is 4.54. The van der Waals surface area contributed by atoms with Gasteiger partial charge in [-0.05, 0) is 53.8 Å². The van der Waals surface area contributed by atoms with E-state index in [0.717, 1.165) is 11.5 Å². The Kier molecular flexibility index (Phi) is 6.73. The van der Waals surface area contributed by atoms with Gasteiger partial charge in [-0.1, -0.05) is 13.8 Å². The average molecular weight is 447 g/mol. The highest BCUT2D eigenvalue weighted by atomic mass is 35.5.